The predicted octanol–water partition coefficient (Wildman–Crippen LogP) is 3.49. The summed E-state index contributed by atoms with van der Waals surface area (Å²) < 4.78 is 1.85. The molecular formula is C17H17N3. The lowest BCUT2D eigenvalue weighted by molar-refractivity contribution is 0.697. The van der Waals surface area contributed by atoms with Crippen LogP contribution in [-0.4, -0.2) is 9.78 Å². The van der Waals surface area contributed by atoms with Crippen LogP contribution in [0.2, 0.25) is 0 Å². The number of aromatic nitrogens is 2. The third-order valence-corrected chi connectivity index (χ3v) is 3.46. The van der Waals surface area contributed by atoms with E-state index < -0.39 is 0 Å². The van der Waals surface area contributed by atoms with Gasteiger partial charge in [0.25, 0.3) is 0 Å². The van der Waals surface area contributed by atoms with Crippen LogP contribution >= 0.6 is 0 Å². The van der Waals surface area contributed by atoms with E-state index in [1.165, 1.54) is 11.1 Å². The third kappa shape index (κ3) is 2.43. The van der Waals surface area contributed by atoms with Crippen LogP contribution in [0.3, 0.4) is 0 Å². The number of hydrogen-bond donors (Lipinski definition) is 1. The van der Waals surface area contributed by atoms with Gasteiger partial charge in [-0.2, -0.15) is 5.10 Å². The topological polar surface area (TPSA) is 43.8 Å². The number of nitrogens with two attached hydrogens (primary N) is 1. The van der Waals surface area contributed by atoms with Crippen LogP contribution in [0.4, 0.5) is 5.82 Å². The van der Waals surface area contributed by atoms with Gasteiger partial charge in [-0.3, -0.25) is 0 Å². The Morgan fingerprint density at radius 2 is 1.70 bits per heavy atom. The SMILES string of the molecule is Cc1ccccc1Cn1nc(-c2ccccc2)cc1N. The maximum Gasteiger partial charge on any atom is 0.122 e. The first-order valence-electron chi connectivity index (χ1n) is 6.67. The van der Waals surface area contributed by atoms with Crippen LogP contribution in [0.25, 0.3) is 11.3 Å². The number of rotatable bonds is 3. The van der Waals surface area contributed by atoms with Gasteiger partial charge in [-0.25, -0.2) is 4.68 Å². The van der Waals surface area contributed by atoms with Gasteiger partial charge in [-0.05, 0) is 18.1 Å². The Morgan fingerprint density at radius 1 is 1.00 bits per heavy atom. The zero-order valence-corrected chi connectivity index (χ0v) is 11.5. The van der Waals surface area contributed by atoms with Crippen molar-refractivity contribution in [2.45, 2.75) is 13.5 Å². The Labute approximate surface area is 118 Å². The standard InChI is InChI=1S/C17H17N3/c1-13-7-5-6-10-15(13)12-20-17(18)11-16(19-20)14-8-3-2-4-9-14/h2-11H,12,18H2,1H3. The van der Waals surface area contributed by atoms with Crippen LogP contribution in [0, 0.1) is 6.92 Å². The monoisotopic (exact) mass is 263 g/mol. The van der Waals surface area contributed by atoms with Crippen molar-refractivity contribution in [3.8, 4) is 11.3 Å². The second-order valence-electron chi connectivity index (χ2n) is 4.90. The van der Waals surface area contributed by atoms with Crippen molar-refractivity contribution in [3.63, 3.8) is 0 Å². The van der Waals surface area contributed by atoms with Gasteiger partial charge in [0.15, 0.2) is 0 Å². The second kappa shape index (κ2) is 5.21. The van der Waals surface area contributed by atoms with E-state index in [2.05, 4.69) is 24.2 Å². The first-order chi connectivity index (χ1) is 9.74. The van der Waals surface area contributed by atoms with Gasteiger partial charge in [-0.1, -0.05) is 54.6 Å². The third-order valence-electron chi connectivity index (χ3n) is 3.46. The fourth-order valence-electron chi connectivity index (χ4n) is 2.26. The molecule has 3 heteroatoms. The van der Waals surface area contributed by atoms with Gasteiger partial charge in [0.05, 0.1) is 12.2 Å². The van der Waals surface area contributed by atoms with E-state index in [0.717, 1.165) is 11.3 Å². The molecular weight excluding hydrogens is 246 g/mol. The number of nitrogen functional groups attached to an aromatic ring is 1. The maximum atomic E-state index is 6.08. The molecule has 0 radical (unpaired) electrons. The molecule has 20 heavy (non-hydrogen) atoms. The van der Waals surface area contributed by atoms with Gasteiger partial charge >= 0.3 is 0 Å². The molecule has 0 spiro atoms. The van der Waals surface area contributed by atoms with Crippen LogP contribution in [0.15, 0.2) is 60.7 Å². The fraction of sp³-hybridized carbons (Fsp3) is 0.118. The van der Waals surface area contributed by atoms with Crippen LogP contribution in [-0.2, 0) is 6.54 Å². The van der Waals surface area contributed by atoms with Crippen LogP contribution < -0.4 is 5.73 Å². The van der Waals surface area contributed by atoms with E-state index in [0.29, 0.717) is 12.4 Å². The lowest BCUT2D eigenvalue weighted by Crippen LogP contribution is -2.06. The molecule has 0 amide bonds. The molecule has 0 atom stereocenters. The van der Waals surface area contributed by atoms with Gasteiger partial charge in [0, 0.05) is 11.6 Å². The maximum absolute atomic E-state index is 6.08. The van der Waals surface area contributed by atoms with E-state index in [4.69, 9.17) is 5.73 Å². The van der Waals surface area contributed by atoms with Gasteiger partial charge in [-0.15, -0.1) is 0 Å². The summed E-state index contributed by atoms with van der Waals surface area (Å²) in [6.45, 7) is 2.80. The summed E-state index contributed by atoms with van der Waals surface area (Å²) in [7, 11) is 0. The molecule has 0 aliphatic carbocycles. The molecule has 0 saturated heterocycles. The van der Waals surface area contributed by atoms with Crippen molar-refractivity contribution in [1.82, 2.24) is 9.78 Å². The number of benzene rings is 2. The quantitative estimate of drug-likeness (QED) is 0.786. The highest BCUT2D eigenvalue weighted by Crippen LogP contribution is 2.21. The van der Waals surface area contributed by atoms with E-state index in [1.54, 1.807) is 0 Å². The summed E-state index contributed by atoms with van der Waals surface area (Å²) >= 11 is 0. The molecule has 0 aliphatic rings. The molecule has 3 rings (SSSR count). The predicted molar refractivity (Wildman–Crippen MR) is 82.4 cm³/mol. The Balaban J connectivity index is 1.92. The summed E-state index contributed by atoms with van der Waals surface area (Å²) in [5.41, 5.74) is 10.6. The van der Waals surface area contributed by atoms with Crippen molar-refractivity contribution in [2.24, 2.45) is 0 Å². The molecule has 1 heterocycles. The minimum absolute atomic E-state index is 0.687. The molecule has 0 saturated carbocycles. The zero-order valence-electron chi connectivity index (χ0n) is 11.5. The number of hydrogen-bond acceptors (Lipinski definition) is 2. The minimum Gasteiger partial charge on any atom is -0.384 e. The van der Waals surface area contributed by atoms with E-state index in [-0.39, 0.29) is 0 Å². The van der Waals surface area contributed by atoms with Gasteiger partial charge in [0.1, 0.15) is 5.82 Å². The summed E-state index contributed by atoms with van der Waals surface area (Å²) in [6, 6.07) is 20.3. The molecule has 0 fully saturated rings. The Kier molecular flexibility index (Phi) is 3.25. The van der Waals surface area contributed by atoms with Gasteiger partial charge in [0.2, 0.25) is 0 Å². The first kappa shape index (κ1) is 12.5. The second-order valence-corrected chi connectivity index (χ2v) is 4.90. The Bertz CT molecular complexity index is 714. The molecule has 2 N–H and O–H groups in total. The van der Waals surface area contributed by atoms with Crippen molar-refractivity contribution in [3.05, 3.63) is 71.8 Å². The number of aryl methyl sites for hydroxylation is 1. The highest BCUT2D eigenvalue weighted by atomic mass is 15.3. The summed E-state index contributed by atoms with van der Waals surface area (Å²) in [4.78, 5) is 0. The van der Waals surface area contributed by atoms with Crippen molar-refractivity contribution >= 4 is 5.82 Å². The largest absolute Gasteiger partial charge is 0.384 e. The minimum atomic E-state index is 0.687. The average molecular weight is 263 g/mol. The normalized spacial score (nSPS) is 10.7. The van der Waals surface area contributed by atoms with Crippen LogP contribution in [0.5, 0.6) is 0 Å². The summed E-state index contributed by atoms with van der Waals surface area (Å²) in [5, 5.41) is 4.61. The van der Waals surface area contributed by atoms with Gasteiger partial charge < -0.3 is 5.73 Å². The van der Waals surface area contributed by atoms with E-state index in [1.807, 2.05) is 53.2 Å². The molecule has 0 bridgehead atoms. The number of anilines is 1. The fourth-order valence-corrected chi connectivity index (χ4v) is 2.26. The highest BCUT2D eigenvalue weighted by molar-refractivity contribution is 5.62. The highest BCUT2D eigenvalue weighted by Gasteiger charge is 2.08. The molecule has 0 unspecified atom stereocenters. The molecule has 3 nitrogen and oxygen atoms in total. The zero-order chi connectivity index (χ0) is 13.9. The Hall–Kier alpha value is -2.55. The Morgan fingerprint density at radius 3 is 2.45 bits per heavy atom. The first-order valence-corrected chi connectivity index (χ1v) is 6.67. The van der Waals surface area contributed by atoms with Crippen LogP contribution in [0.1, 0.15) is 11.1 Å². The lowest BCUT2D eigenvalue weighted by Gasteiger charge is -2.07. The van der Waals surface area contributed by atoms with Crippen molar-refractivity contribution < 1.29 is 0 Å². The molecule has 3 aromatic rings. The summed E-state index contributed by atoms with van der Waals surface area (Å²) in [6.07, 6.45) is 0. The number of nitrogens with zero attached hydrogens (tertiary/aromatic N) is 2. The molecule has 100 valence electrons. The van der Waals surface area contributed by atoms with E-state index >= 15 is 0 Å². The molecule has 0 aliphatic heterocycles. The average Bonchev–Trinajstić information content (AvgIpc) is 2.84. The lowest BCUT2D eigenvalue weighted by atomic mass is 10.1. The summed E-state index contributed by atoms with van der Waals surface area (Å²) in [5.74, 6) is 0.687. The molecule has 1 aromatic heterocycles. The smallest absolute Gasteiger partial charge is 0.122 e. The van der Waals surface area contributed by atoms with E-state index in [9.17, 15) is 0 Å². The van der Waals surface area contributed by atoms with Crippen molar-refractivity contribution in [2.75, 3.05) is 5.73 Å². The van der Waals surface area contributed by atoms with Crippen molar-refractivity contribution in [1.29, 1.82) is 0 Å². The molecule has 2 aromatic carbocycles.